The summed E-state index contributed by atoms with van der Waals surface area (Å²) in [6, 6.07) is 21.5. The van der Waals surface area contributed by atoms with E-state index in [0.29, 0.717) is 17.0 Å². The number of aliphatic hydroxyl groups is 1. The molecule has 2 heterocycles. The molecule has 0 bridgehead atoms. The molecule has 188 valence electrons. The van der Waals surface area contributed by atoms with Crippen LogP contribution < -0.4 is 9.64 Å². The van der Waals surface area contributed by atoms with Crippen LogP contribution in [0.1, 0.15) is 43.5 Å². The average molecular weight is 495 g/mol. The molecule has 1 aromatic heterocycles. The van der Waals surface area contributed by atoms with Crippen LogP contribution in [0.5, 0.6) is 5.75 Å². The number of benzene rings is 3. The lowest BCUT2D eigenvalue weighted by molar-refractivity contribution is -0.132. The molecule has 1 N–H and O–H groups in total. The molecule has 6 heteroatoms. The SMILES string of the molecule is COc1ccc(/C(O)=C2\C(=O)C(=O)N(c3ccccc3)C2c2cn(C)c3ccccc23)cc1C(C)(C)C. The lowest BCUT2D eigenvalue weighted by Crippen LogP contribution is -2.29. The Morgan fingerprint density at radius 2 is 1.62 bits per heavy atom. The minimum absolute atomic E-state index is 0.0650. The van der Waals surface area contributed by atoms with Crippen LogP contribution in [0.25, 0.3) is 16.7 Å². The van der Waals surface area contributed by atoms with Crippen molar-refractivity contribution in [3.63, 3.8) is 0 Å². The number of aliphatic hydroxyl groups excluding tert-OH is 1. The summed E-state index contributed by atoms with van der Waals surface area (Å²) in [5.41, 5.74) is 3.47. The molecule has 0 aliphatic carbocycles. The van der Waals surface area contributed by atoms with Crippen LogP contribution in [0, 0.1) is 0 Å². The predicted molar refractivity (Wildman–Crippen MR) is 146 cm³/mol. The Kier molecular flexibility index (Phi) is 5.91. The third kappa shape index (κ3) is 3.99. The molecular weight excluding hydrogens is 464 g/mol. The summed E-state index contributed by atoms with van der Waals surface area (Å²) in [6.45, 7) is 6.16. The molecular formula is C31H30N2O4. The van der Waals surface area contributed by atoms with Crippen LogP contribution in [-0.2, 0) is 22.1 Å². The number of amides is 1. The molecule has 37 heavy (non-hydrogen) atoms. The quantitative estimate of drug-likeness (QED) is 0.211. The fourth-order valence-electron chi connectivity index (χ4n) is 5.17. The maximum Gasteiger partial charge on any atom is 0.300 e. The number of ether oxygens (including phenoxy) is 1. The Morgan fingerprint density at radius 3 is 2.30 bits per heavy atom. The number of anilines is 1. The number of methoxy groups -OCH3 is 1. The van der Waals surface area contributed by atoms with Crippen LogP contribution >= 0.6 is 0 Å². The number of fused-ring (bicyclic) bond motifs is 1. The second-order valence-electron chi connectivity index (χ2n) is 10.4. The van der Waals surface area contributed by atoms with Gasteiger partial charge in [-0.1, -0.05) is 57.2 Å². The Morgan fingerprint density at radius 1 is 0.946 bits per heavy atom. The van der Waals surface area contributed by atoms with Crippen molar-refractivity contribution in [3.8, 4) is 5.75 Å². The molecule has 1 unspecified atom stereocenters. The number of nitrogens with zero attached hydrogens (tertiary/aromatic N) is 2. The number of aryl methyl sites for hydroxylation is 1. The van der Waals surface area contributed by atoms with Gasteiger partial charge in [-0.25, -0.2) is 0 Å². The van der Waals surface area contributed by atoms with Gasteiger partial charge in [0.15, 0.2) is 0 Å². The average Bonchev–Trinajstić information content (AvgIpc) is 3.36. The van der Waals surface area contributed by atoms with E-state index in [-0.39, 0.29) is 16.7 Å². The van der Waals surface area contributed by atoms with Crippen LogP contribution in [0.2, 0.25) is 0 Å². The van der Waals surface area contributed by atoms with E-state index in [1.807, 2.05) is 66.3 Å². The van der Waals surface area contributed by atoms with Crippen molar-refractivity contribution < 1.29 is 19.4 Å². The van der Waals surface area contributed by atoms with Gasteiger partial charge in [0.1, 0.15) is 11.5 Å². The first-order valence-electron chi connectivity index (χ1n) is 12.2. The molecule has 1 saturated heterocycles. The summed E-state index contributed by atoms with van der Waals surface area (Å²) in [5.74, 6) is -0.898. The number of rotatable bonds is 4. The number of carbonyl (C=O) groups excluding carboxylic acids is 2. The minimum atomic E-state index is -0.798. The van der Waals surface area contributed by atoms with Gasteiger partial charge in [0.2, 0.25) is 0 Å². The monoisotopic (exact) mass is 494 g/mol. The summed E-state index contributed by atoms with van der Waals surface area (Å²) < 4.78 is 7.53. The van der Waals surface area contributed by atoms with Gasteiger partial charge in [0.25, 0.3) is 11.7 Å². The fourth-order valence-corrected chi connectivity index (χ4v) is 5.17. The predicted octanol–water partition coefficient (Wildman–Crippen LogP) is 6.11. The zero-order chi connectivity index (χ0) is 26.5. The Balaban J connectivity index is 1.79. The van der Waals surface area contributed by atoms with Gasteiger partial charge in [0.05, 0.1) is 18.7 Å². The van der Waals surface area contributed by atoms with Crippen molar-refractivity contribution in [1.82, 2.24) is 4.57 Å². The number of para-hydroxylation sites is 2. The Hall–Kier alpha value is -4.32. The van der Waals surface area contributed by atoms with E-state index in [0.717, 1.165) is 22.0 Å². The normalized spacial score (nSPS) is 17.5. The molecule has 1 fully saturated rings. The standard InChI is InChI=1S/C31H30N2O4/c1-31(2,3)23-17-19(15-16-25(23)37-5)28(34)26-27(22-18-32(4)24-14-10-9-13-21(22)24)33(30(36)29(26)35)20-11-7-6-8-12-20/h6-18,27,34H,1-5H3/b28-26+. The number of Topliss-reactive ketones (excluding diaryl/α,β-unsaturated/α-hetero) is 1. The van der Waals surface area contributed by atoms with Gasteiger partial charge in [-0.05, 0) is 41.8 Å². The second kappa shape index (κ2) is 8.96. The van der Waals surface area contributed by atoms with Crippen molar-refractivity contribution in [2.45, 2.75) is 32.2 Å². The lowest BCUT2D eigenvalue weighted by Gasteiger charge is -2.25. The number of ketones is 1. The molecule has 1 atom stereocenters. The molecule has 0 radical (unpaired) electrons. The van der Waals surface area contributed by atoms with E-state index < -0.39 is 17.7 Å². The topological polar surface area (TPSA) is 71.8 Å². The van der Waals surface area contributed by atoms with Crippen molar-refractivity contribution in [2.24, 2.45) is 7.05 Å². The lowest BCUT2D eigenvalue weighted by atomic mass is 9.84. The Bertz CT molecular complexity index is 1560. The van der Waals surface area contributed by atoms with Gasteiger partial charge >= 0.3 is 0 Å². The number of hydrogen-bond donors (Lipinski definition) is 1. The van der Waals surface area contributed by atoms with Crippen LogP contribution in [-0.4, -0.2) is 28.5 Å². The molecule has 6 nitrogen and oxygen atoms in total. The molecule has 4 aromatic rings. The summed E-state index contributed by atoms with van der Waals surface area (Å²) in [6.07, 6.45) is 1.93. The smallest absolute Gasteiger partial charge is 0.300 e. The summed E-state index contributed by atoms with van der Waals surface area (Å²) in [4.78, 5) is 28.6. The highest BCUT2D eigenvalue weighted by Crippen LogP contribution is 2.45. The zero-order valence-corrected chi connectivity index (χ0v) is 21.6. The Labute approximate surface area is 216 Å². The number of carbonyl (C=O) groups is 2. The summed E-state index contributed by atoms with van der Waals surface area (Å²) in [7, 11) is 3.54. The van der Waals surface area contributed by atoms with E-state index in [1.165, 1.54) is 4.90 Å². The van der Waals surface area contributed by atoms with Crippen molar-refractivity contribution in [1.29, 1.82) is 0 Å². The summed E-state index contributed by atoms with van der Waals surface area (Å²) >= 11 is 0. The first kappa shape index (κ1) is 24.4. The van der Waals surface area contributed by atoms with E-state index >= 15 is 0 Å². The first-order valence-corrected chi connectivity index (χ1v) is 12.2. The van der Waals surface area contributed by atoms with Gasteiger partial charge in [-0.15, -0.1) is 0 Å². The van der Waals surface area contributed by atoms with Gasteiger partial charge in [-0.3, -0.25) is 14.5 Å². The van der Waals surface area contributed by atoms with E-state index in [4.69, 9.17) is 4.74 Å². The van der Waals surface area contributed by atoms with Crippen molar-refractivity contribution in [3.05, 3.63) is 101 Å². The maximum atomic E-state index is 13.6. The summed E-state index contributed by atoms with van der Waals surface area (Å²) in [5, 5.41) is 12.6. The van der Waals surface area contributed by atoms with Crippen molar-refractivity contribution in [2.75, 3.05) is 12.0 Å². The highest BCUT2D eigenvalue weighted by Gasteiger charge is 2.48. The molecule has 3 aromatic carbocycles. The van der Waals surface area contributed by atoms with Gasteiger partial charge in [-0.2, -0.15) is 0 Å². The number of aromatic nitrogens is 1. The van der Waals surface area contributed by atoms with Crippen molar-refractivity contribution >= 4 is 34.0 Å². The van der Waals surface area contributed by atoms with E-state index in [1.54, 1.807) is 31.4 Å². The fraction of sp³-hybridized carbons (Fsp3) is 0.226. The third-order valence-electron chi connectivity index (χ3n) is 6.98. The molecule has 1 aliphatic heterocycles. The molecule has 5 rings (SSSR count). The van der Waals surface area contributed by atoms with Gasteiger partial charge < -0.3 is 14.4 Å². The van der Waals surface area contributed by atoms with E-state index in [2.05, 4.69) is 20.8 Å². The highest BCUT2D eigenvalue weighted by atomic mass is 16.5. The molecule has 1 aliphatic rings. The molecule has 1 amide bonds. The van der Waals surface area contributed by atoms with Crippen LogP contribution in [0.4, 0.5) is 5.69 Å². The minimum Gasteiger partial charge on any atom is -0.507 e. The zero-order valence-electron chi connectivity index (χ0n) is 21.6. The number of hydrogen-bond acceptors (Lipinski definition) is 4. The maximum absolute atomic E-state index is 13.6. The largest absolute Gasteiger partial charge is 0.507 e. The van der Waals surface area contributed by atoms with E-state index in [9.17, 15) is 14.7 Å². The molecule has 0 saturated carbocycles. The van der Waals surface area contributed by atoms with Crippen LogP contribution in [0.3, 0.4) is 0 Å². The van der Waals surface area contributed by atoms with Gasteiger partial charge in [0, 0.05) is 46.5 Å². The molecule has 0 spiro atoms. The first-order chi connectivity index (χ1) is 17.6. The van der Waals surface area contributed by atoms with Crippen LogP contribution in [0.15, 0.2) is 84.6 Å². The third-order valence-corrected chi connectivity index (χ3v) is 6.98. The highest BCUT2D eigenvalue weighted by molar-refractivity contribution is 6.51. The second-order valence-corrected chi connectivity index (χ2v) is 10.4.